The van der Waals surface area contributed by atoms with E-state index in [0.29, 0.717) is 5.76 Å². The van der Waals surface area contributed by atoms with Crippen LogP contribution in [0.15, 0.2) is 53.1 Å². The van der Waals surface area contributed by atoms with E-state index in [2.05, 4.69) is 0 Å². The van der Waals surface area contributed by atoms with Gasteiger partial charge in [0.25, 0.3) is 0 Å². The lowest BCUT2D eigenvalue weighted by atomic mass is 10.2. The third-order valence-corrected chi connectivity index (χ3v) is 3.41. The summed E-state index contributed by atoms with van der Waals surface area (Å²) in [6.45, 7) is 5.35. The first-order valence-corrected chi connectivity index (χ1v) is 6.67. The average molecular weight is 252 g/mol. The Morgan fingerprint density at radius 2 is 1.82 bits per heavy atom. The first-order valence-electron chi connectivity index (χ1n) is 5.26. The number of hydrogen-bond acceptors (Lipinski definition) is 3. The molecule has 0 unspecified atom stereocenters. The van der Waals surface area contributed by atoms with Crippen LogP contribution in [0.3, 0.4) is 0 Å². The minimum absolute atomic E-state index is 0.163. The molecule has 0 atom stereocenters. The topological polar surface area (TPSA) is 43.4 Å². The standard InChI is InChI=1S/C13H16O3S/c1-4-5-6-12(3)16-17(14,15)13-9-7-11(2)8-10-13/h4-10H,1-3H3. The molecule has 0 radical (unpaired) electrons. The summed E-state index contributed by atoms with van der Waals surface area (Å²) in [6, 6.07) is 6.55. The zero-order valence-corrected chi connectivity index (χ0v) is 11.0. The van der Waals surface area contributed by atoms with Crippen LogP contribution in [0.1, 0.15) is 19.4 Å². The Kier molecular flexibility index (Phi) is 4.52. The van der Waals surface area contributed by atoms with Crippen molar-refractivity contribution in [1.29, 1.82) is 0 Å². The molecule has 0 saturated carbocycles. The number of allylic oxidation sites excluding steroid dienone is 4. The molecule has 0 fully saturated rings. The van der Waals surface area contributed by atoms with Gasteiger partial charge in [-0.3, -0.25) is 0 Å². The summed E-state index contributed by atoms with van der Waals surface area (Å²) in [6.07, 6.45) is 5.12. The molecule has 4 heteroatoms. The molecule has 0 aliphatic carbocycles. The lowest BCUT2D eigenvalue weighted by Gasteiger charge is -2.06. The molecule has 3 nitrogen and oxygen atoms in total. The van der Waals surface area contributed by atoms with E-state index in [-0.39, 0.29) is 4.90 Å². The molecule has 0 aliphatic heterocycles. The fourth-order valence-corrected chi connectivity index (χ4v) is 2.15. The van der Waals surface area contributed by atoms with Gasteiger partial charge in [0.15, 0.2) is 0 Å². The maximum Gasteiger partial charge on any atom is 0.338 e. The first-order chi connectivity index (χ1) is 7.95. The highest BCUT2D eigenvalue weighted by atomic mass is 32.2. The van der Waals surface area contributed by atoms with Gasteiger partial charge < -0.3 is 4.18 Å². The Morgan fingerprint density at radius 3 is 2.35 bits per heavy atom. The van der Waals surface area contributed by atoms with Crippen LogP contribution in [-0.2, 0) is 14.3 Å². The Morgan fingerprint density at radius 1 is 1.24 bits per heavy atom. The highest BCUT2D eigenvalue weighted by molar-refractivity contribution is 7.86. The van der Waals surface area contributed by atoms with Gasteiger partial charge in [0.2, 0.25) is 0 Å². The normalized spacial score (nSPS) is 13.0. The Hall–Kier alpha value is -1.55. The van der Waals surface area contributed by atoms with Crippen molar-refractivity contribution in [2.24, 2.45) is 0 Å². The summed E-state index contributed by atoms with van der Waals surface area (Å²) in [5.41, 5.74) is 1.00. The lowest BCUT2D eigenvalue weighted by molar-refractivity contribution is 0.408. The molecule has 92 valence electrons. The van der Waals surface area contributed by atoms with E-state index in [4.69, 9.17) is 4.18 Å². The van der Waals surface area contributed by atoms with Crippen molar-refractivity contribution < 1.29 is 12.6 Å². The van der Waals surface area contributed by atoms with Gasteiger partial charge in [0, 0.05) is 0 Å². The van der Waals surface area contributed by atoms with Gasteiger partial charge in [0.1, 0.15) is 10.7 Å². The number of rotatable bonds is 4. The van der Waals surface area contributed by atoms with E-state index in [1.807, 2.05) is 13.8 Å². The quantitative estimate of drug-likeness (QED) is 0.469. The van der Waals surface area contributed by atoms with Gasteiger partial charge in [-0.15, -0.1) is 0 Å². The largest absolute Gasteiger partial charge is 0.384 e. The summed E-state index contributed by atoms with van der Waals surface area (Å²) in [5.74, 6) is 0.337. The van der Waals surface area contributed by atoms with Gasteiger partial charge in [-0.25, -0.2) is 0 Å². The van der Waals surface area contributed by atoms with Crippen LogP contribution in [0.4, 0.5) is 0 Å². The molecule has 0 amide bonds. The van der Waals surface area contributed by atoms with E-state index in [9.17, 15) is 8.42 Å². The predicted octanol–water partition coefficient (Wildman–Crippen LogP) is 3.18. The van der Waals surface area contributed by atoms with Crippen molar-refractivity contribution in [1.82, 2.24) is 0 Å². The van der Waals surface area contributed by atoms with Crippen molar-refractivity contribution in [2.75, 3.05) is 0 Å². The van der Waals surface area contributed by atoms with E-state index in [1.165, 1.54) is 12.1 Å². The van der Waals surface area contributed by atoms with Crippen molar-refractivity contribution in [2.45, 2.75) is 25.7 Å². The van der Waals surface area contributed by atoms with Gasteiger partial charge in [-0.2, -0.15) is 8.42 Å². The van der Waals surface area contributed by atoms with E-state index >= 15 is 0 Å². The average Bonchev–Trinajstić information content (AvgIpc) is 2.26. The number of aryl methyl sites for hydroxylation is 1. The molecule has 0 saturated heterocycles. The van der Waals surface area contributed by atoms with Crippen molar-refractivity contribution in [3.05, 3.63) is 53.8 Å². The zero-order chi connectivity index (χ0) is 12.9. The minimum Gasteiger partial charge on any atom is -0.384 e. The molecule has 0 bridgehead atoms. The van der Waals surface area contributed by atoms with Crippen LogP contribution in [-0.4, -0.2) is 8.42 Å². The highest BCUT2D eigenvalue weighted by Gasteiger charge is 2.15. The molecular weight excluding hydrogens is 236 g/mol. The molecule has 0 spiro atoms. The second kappa shape index (κ2) is 5.68. The predicted molar refractivity (Wildman–Crippen MR) is 68.0 cm³/mol. The van der Waals surface area contributed by atoms with Crippen molar-refractivity contribution in [3.8, 4) is 0 Å². The fourth-order valence-electron chi connectivity index (χ4n) is 1.19. The molecular formula is C13H16O3S. The third-order valence-electron chi connectivity index (χ3n) is 2.07. The van der Waals surface area contributed by atoms with Crippen LogP contribution in [0, 0.1) is 6.92 Å². The van der Waals surface area contributed by atoms with Gasteiger partial charge in [-0.05, 0) is 39.0 Å². The van der Waals surface area contributed by atoms with Crippen LogP contribution in [0.2, 0.25) is 0 Å². The third kappa shape index (κ3) is 4.07. The van der Waals surface area contributed by atoms with Crippen molar-refractivity contribution >= 4 is 10.1 Å². The second-order valence-electron chi connectivity index (χ2n) is 3.65. The van der Waals surface area contributed by atoms with E-state index < -0.39 is 10.1 Å². The van der Waals surface area contributed by atoms with E-state index in [1.54, 1.807) is 37.3 Å². The molecule has 17 heavy (non-hydrogen) atoms. The van der Waals surface area contributed by atoms with Crippen LogP contribution < -0.4 is 0 Å². The molecule has 1 aromatic carbocycles. The molecule has 0 aromatic heterocycles. The molecule has 1 rings (SSSR count). The summed E-state index contributed by atoms with van der Waals surface area (Å²) < 4.78 is 28.6. The molecule has 0 heterocycles. The summed E-state index contributed by atoms with van der Waals surface area (Å²) in [4.78, 5) is 0.163. The Bertz CT molecular complexity index is 522. The maximum absolute atomic E-state index is 11.8. The number of benzene rings is 1. The Labute approximate surface area is 103 Å². The molecule has 1 aromatic rings. The Balaban J connectivity index is 2.93. The summed E-state index contributed by atoms with van der Waals surface area (Å²) in [7, 11) is -3.71. The smallest absolute Gasteiger partial charge is 0.338 e. The number of hydrogen-bond donors (Lipinski definition) is 0. The fraction of sp³-hybridized carbons (Fsp3) is 0.231. The van der Waals surface area contributed by atoms with Crippen LogP contribution in [0.5, 0.6) is 0 Å². The summed E-state index contributed by atoms with van der Waals surface area (Å²) in [5, 5.41) is 0. The lowest BCUT2D eigenvalue weighted by Crippen LogP contribution is -2.04. The highest BCUT2D eigenvalue weighted by Crippen LogP contribution is 2.16. The summed E-state index contributed by atoms with van der Waals surface area (Å²) >= 11 is 0. The zero-order valence-electron chi connectivity index (χ0n) is 10.2. The second-order valence-corrected chi connectivity index (χ2v) is 5.20. The molecule has 0 aliphatic rings. The minimum atomic E-state index is -3.71. The monoisotopic (exact) mass is 252 g/mol. The molecule has 0 N–H and O–H groups in total. The first kappa shape index (κ1) is 13.5. The van der Waals surface area contributed by atoms with E-state index in [0.717, 1.165) is 5.56 Å². The SMILES string of the molecule is CC=CC=C(C)OS(=O)(=O)c1ccc(C)cc1. The van der Waals surface area contributed by atoms with Crippen LogP contribution >= 0.6 is 0 Å². The van der Waals surface area contributed by atoms with Gasteiger partial charge >= 0.3 is 10.1 Å². The maximum atomic E-state index is 11.8. The van der Waals surface area contributed by atoms with Crippen molar-refractivity contribution in [3.63, 3.8) is 0 Å². The van der Waals surface area contributed by atoms with Crippen LogP contribution in [0.25, 0.3) is 0 Å². The van der Waals surface area contributed by atoms with Gasteiger partial charge in [0.05, 0.1) is 0 Å². The van der Waals surface area contributed by atoms with Gasteiger partial charge in [-0.1, -0.05) is 29.8 Å².